The van der Waals surface area contributed by atoms with Crippen LogP contribution in [0.3, 0.4) is 0 Å². The number of hydrogen-bond donors (Lipinski definition) is 0. The van der Waals surface area contributed by atoms with Crippen LogP contribution < -0.4 is 9.47 Å². The van der Waals surface area contributed by atoms with Gasteiger partial charge in [-0.05, 0) is 54.5 Å². The predicted molar refractivity (Wildman–Crippen MR) is 112 cm³/mol. The number of carbonyl (C=O) groups is 2. The van der Waals surface area contributed by atoms with Crippen LogP contribution in [0.25, 0.3) is 6.08 Å². The second-order valence-corrected chi connectivity index (χ2v) is 7.29. The molecule has 4 rings (SSSR count). The monoisotopic (exact) mass is 424 g/mol. The van der Waals surface area contributed by atoms with Gasteiger partial charge in [-0.15, -0.1) is 0 Å². The molecule has 0 atom stereocenters. The fourth-order valence-corrected chi connectivity index (χ4v) is 3.25. The normalized spacial score (nSPS) is 13.9. The molecule has 0 spiro atoms. The molecule has 0 radical (unpaired) electrons. The molecule has 3 aromatic carbocycles. The Hall–Kier alpha value is -3.08. The SMILES string of the molecule is Cc1ccccc1C(=O)Oc1ccc2c(c1)O/C(=C\c1ccc(Cl)c(Cl)c1)C2=O. The summed E-state index contributed by atoms with van der Waals surface area (Å²) in [6, 6.07) is 16.8. The highest BCUT2D eigenvalue weighted by Gasteiger charge is 2.28. The van der Waals surface area contributed by atoms with E-state index >= 15 is 0 Å². The summed E-state index contributed by atoms with van der Waals surface area (Å²) in [5.74, 6) is 0.0413. The maximum absolute atomic E-state index is 12.6. The second-order valence-electron chi connectivity index (χ2n) is 6.48. The number of allylic oxidation sites excluding steroid dienone is 1. The van der Waals surface area contributed by atoms with Crippen molar-refractivity contribution in [2.45, 2.75) is 6.92 Å². The summed E-state index contributed by atoms with van der Waals surface area (Å²) in [5, 5.41) is 0.810. The molecule has 144 valence electrons. The third-order valence-corrected chi connectivity index (χ3v) is 5.20. The van der Waals surface area contributed by atoms with Gasteiger partial charge >= 0.3 is 5.97 Å². The fraction of sp³-hybridized carbons (Fsp3) is 0.0435. The molecule has 0 N–H and O–H groups in total. The van der Waals surface area contributed by atoms with Crippen molar-refractivity contribution in [2.24, 2.45) is 0 Å². The lowest BCUT2D eigenvalue weighted by Crippen LogP contribution is -2.10. The average molecular weight is 425 g/mol. The van der Waals surface area contributed by atoms with Crippen LogP contribution in [0.5, 0.6) is 11.5 Å². The topological polar surface area (TPSA) is 52.6 Å². The highest BCUT2D eigenvalue weighted by atomic mass is 35.5. The van der Waals surface area contributed by atoms with E-state index < -0.39 is 5.97 Å². The summed E-state index contributed by atoms with van der Waals surface area (Å²) in [5.41, 5.74) is 2.37. The van der Waals surface area contributed by atoms with Crippen LogP contribution in [0.1, 0.15) is 31.8 Å². The third-order valence-electron chi connectivity index (χ3n) is 4.46. The zero-order valence-corrected chi connectivity index (χ0v) is 16.8. The summed E-state index contributed by atoms with van der Waals surface area (Å²) >= 11 is 11.9. The molecule has 0 amide bonds. The van der Waals surface area contributed by atoms with Gasteiger partial charge in [-0.3, -0.25) is 4.79 Å². The largest absolute Gasteiger partial charge is 0.452 e. The van der Waals surface area contributed by atoms with Crippen LogP contribution in [-0.2, 0) is 0 Å². The minimum Gasteiger partial charge on any atom is -0.452 e. The van der Waals surface area contributed by atoms with Gasteiger partial charge < -0.3 is 9.47 Å². The average Bonchev–Trinajstić information content (AvgIpc) is 3.00. The first kappa shape index (κ1) is 19.2. The minimum absolute atomic E-state index is 0.153. The summed E-state index contributed by atoms with van der Waals surface area (Å²) in [4.78, 5) is 25.0. The molecule has 0 unspecified atom stereocenters. The number of benzene rings is 3. The van der Waals surface area contributed by atoms with Crippen molar-refractivity contribution in [3.8, 4) is 11.5 Å². The van der Waals surface area contributed by atoms with E-state index in [9.17, 15) is 9.59 Å². The summed E-state index contributed by atoms with van der Waals surface area (Å²) in [7, 11) is 0. The fourth-order valence-electron chi connectivity index (χ4n) is 2.95. The van der Waals surface area contributed by atoms with Crippen molar-refractivity contribution in [1.82, 2.24) is 0 Å². The smallest absolute Gasteiger partial charge is 0.343 e. The number of carbonyl (C=O) groups excluding carboxylic acids is 2. The quantitative estimate of drug-likeness (QED) is 0.288. The standard InChI is InChI=1S/C23H14Cl2O4/c1-13-4-2-3-5-16(13)23(27)28-15-7-8-17-20(12-15)29-21(22(17)26)11-14-6-9-18(24)19(25)10-14/h2-12H,1H3/b21-11-. The molecular weight excluding hydrogens is 411 g/mol. The summed E-state index contributed by atoms with van der Waals surface area (Å²) in [6.45, 7) is 1.83. The molecule has 0 aliphatic carbocycles. The molecule has 0 saturated heterocycles. The van der Waals surface area contributed by atoms with Crippen LogP contribution >= 0.6 is 23.2 Å². The van der Waals surface area contributed by atoms with Crippen LogP contribution in [0, 0.1) is 6.92 Å². The number of ether oxygens (including phenoxy) is 2. The van der Waals surface area contributed by atoms with E-state index in [-0.39, 0.29) is 11.5 Å². The summed E-state index contributed by atoms with van der Waals surface area (Å²) in [6.07, 6.45) is 1.59. The Morgan fingerprint density at radius 1 is 1.00 bits per heavy atom. The molecular formula is C23H14Cl2O4. The summed E-state index contributed by atoms with van der Waals surface area (Å²) < 4.78 is 11.1. The van der Waals surface area contributed by atoms with Gasteiger partial charge in [0, 0.05) is 6.07 Å². The Bertz CT molecular complexity index is 1180. The van der Waals surface area contributed by atoms with Crippen LogP contribution in [0.4, 0.5) is 0 Å². The van der Waals surface area contributed by atoms with Crippen molar-refractivity contribution in [3.05, 3.63) is 98.7 Å². The van der Waals surface area contributed by atoms with Crippen molar-refractivity contribution in [3.63, 3.8) is 0 Å². The van der Waals surface area contributed by atoms with E-state index in [2.05, 4.69) is 0 Å². The van der Waals surface area contributed by atoms with E-state index in [0.29, 0.717) is 38.2 Å². The van der Waals surface area contributed by atoms with Gasteiger partial charge in [-0.2, -0.15) is 0 Å². The van der Waals surface area contributed by atoms with Gasteiger partial charge in [-0.1, -0.05) is 47.5 Å². The van der Waals surface area contributed by atoms with Crippen molar-refractivity contribution < 1.29 is 19.1 Å². The van der Waals surface area contributed by atoms with Gasteiger partial charge in [0.05, 0.1) is 21.2 Å². The Kier molecular flexibility index (Phi) is 5.14. The maximum atomic E-state index is 12.6. The van der Waals surface area contributed by atoms with E-state index in [1.165, 1.54) is 6.07 Å². The Labute approximate surface area is 177 Å². The van der Waals surface area contributed by atoms with E-state index in [1.807, 2.05) is 19.1 Å². The lowest BCUT2D eigenvalue weighted by molar-refractivity contribution is 0.0733. The molecule has 29 heavy (non-hydrogen) atoms. The Balaban J connectivity index is 1.57. The van der Waals surface area contributed by atoms with Crippen molar-refractivity contribution >= 4 is 41.0 Å². The number of esters is 1. The molecule has 1 heterocycles. The lowest BCUT2D eigenvalue weighted by Gasteiger charge is -2.07. The zero-order valence-electron chi connectivity index (χ0n) is 15.2. The van der Waals surface area contributed by atoms with Gasteiger partial charge in [0.25, 0.3) is 0 Å². The van der Waals surface area contributed by atoms with Gasteiger partial charge in [0.15, 0.2) is 5.76 Å². The first-order valence-electron chi connectivity index (χ1n) is 8.73. The molecule has 0 fully saturated rings. The Morgan fingerprint density at radius 2 is 1.79 bits per heavy atom. The number of halogens is 2. The molecule has 0 saturated carbocycles. The first-order chi connectivity index (χ1) is 13.9. The first-order valence-corrected chi connectivity index (χ1v) is 9.49. The molecule has 0 bridgehead atoms. The Morgan fingerprint density at radius 3 is 2.55 bits per heavy atom. The van der Waals surface area contributed by atoms with Gasteiger partial charge in [-0.25, -0.2) is 4.79 Å². The minimum atomic E-state index is -0.473. The zero-order chi connectivity index (χ0) is 20.5. The van der Waals surface area contributed by atoms with Gasteiger partial charge in [0.1, 0.15) is 11.5 Å². The highest BCUT2D eigenvalue weighted by Crippen LogP contribution is 2.35. The van der Waals surface area contributed by atoms with Crippen LogP contribution in [-0.4, -0.2) is 11.8 Å². The lowest BCUT2D eigenvalue weighted by atomic mass is 10.1. The number of aryl methyl sites for hydroxylation is 1. The van der Waals surface area contributed by atoms with Crippen molar-refractivity contribution in [2.75, 3.05) is 0 Å². The molecule has 0 aromatic heterocycles. The van der Waals surface area contributed by atoms with Crippen molar-refractivity contribution in [1.29, 1.82) is 0 Å². The predicted octanol–water partition coefficient (Wildman–Crippen LogP) is 6.14. The second kappa shape index (κ2) is 7.74. The van der Waals surface area contributed by atoms with E-state index in [1.54, 1.807) is 48.5 Å². The van der Waals surface area contributed by atoms with Crippen LogP contribution in [0.15, 0.2) is 66.4 Å². The molecule has 1 aliphatic rings. The molecule has 6 heteroatoms. The molecule has 3 aromatic rings. The highest BCUT2D eigenvalue weighted by molar-refractivity contribution is 6.42. The number of rotatable bonds is 3. The maximum Gasteiger partial charge on any atom is 0.343 e. The molecule has 1 aliphatic heterocycles. The number of Topliss-reactive ketones (excluding diaryl/α,β-unsaturated/α-hetero) is 1. The molecule has 4 nitrogen and oxygen atoms in total. The van der Waals surface area contributed by atoms with E-state index in [0.717, 1.165) is 5.56 Å². The van der Waals surface area contributed by atoms with Gasteiger partial charge in [0.2, 0.25) is 5.78 Å². The number of hydrogen-bond acceptors (Lipinski definition) is 4. The van der Waals surface area contributed by atoms with E-state index in [4.69, 9.17) is 32.7 Å². The third kappa shape index (κ3) is 3.90. The van der Waals surface area contributed by atoms with Crippen LogP contribution in [0.2, 0.25) is 10.0 Å². The number of ketones is 1. The number of fused-ring (bicyclic) bond motifs is 1.